The van der Waals surface area contributed by atoms with Crippen molar-refractivity contribution in [2.24, 2.45) is 5.92 Å². The molecule has 1 fully saturated rings. The number of hydrogen-bond acceptors (Lipinski definition) is 3. The van der Waals surface area contributed by atoms with Crippen LogP contribution in [0, 0.1) is 5.92 Å². The number of aliphatic carboxylic acids is 1. The molecule has 0 aromatic rings. The van der Waals surface area contributed by atoms with Crippen molar-refractivity contribution in [2.45, 2.75) is 19.8 Å². The van der Waals surface area contributed by atoms with E-state index >= 15 is 0 Å². The Kier molecular flexibility index (Phi) is 6.18. The van der Waals surface area contributed by atoms with E-state index in [1.807, 2.05) is 11.8 Å². The predicted molar refractivity (Wildman–Crippen MR) is 68.3 cm³/mol. The molecule has 1 atom stereocenters. The molecule has 6 heteroatoms. The molecule has 1 saturated heterocycles. The van der Waals surface area contributed by atoms with Crippen LogP contribution in [0.1, 0.15) is 19.8 Å². The monoisotopic (exact) mass is 260 g/mol. The van der Waals surface area contributed by atoms with E-state index in [1.54, 1.807) is 4.90 Å². The topological polar surface area (TPSA) is 69.6 Å². The van der Waals surface area contributed by atoms with Crippen molar-refractivity contribution in [1.82, 2.24) is 10.2 Å². The number of rotatable bonds is 6. The summed E-state index contributed by atoms with van der Waals surface area (Å²) >= 11 is 1.85. The zero-order valence-corrected chi connectivity index (χ0v) is 11.0. The number of carboxylic acids is 1. The smallest absolute Gasteiger partial charge is 0.317 e. The molecule has 98 valence electrons. The molecule has 0 aromatic heterocycles. The Balaban J connectivity index is 2.14. The highest BCUT2D eigenvalue weighted by Crippen LogP contribution is 2.15. The van der Waals surface area contributed by atoms with Crippen molar-refractivity contribution in [3.05, 3.63) is 0 Å². The molecule has 1 rings (SSSR count). The van der Waals surface area contributed by atoms with E-state index in [4.69, 9.17) is 5.11 Å². The van der Waals surface area contributed by atoms with Gasteiger partial charge in [0, 0.05) is 19.6 Å². The third-order valence-corrected chi connectivity index (χ3v) is 3.76. The molecule has 0 aliphatic carbocycles. The Hall–Kier alpha value is -0.910. The molecule has 0 saturated carbocycles. The number of nitrogens with zero attached hydrogens (tertiary/aromatic N) is 1. The van der Waals surface area contributed by atoms with Gasteiger partial charge in [-0.15, -0.1) is 0 Å². The van der Waals surface area contributed by atoms with Crippen molar-refractivity contribution in [1.29, 1.82) is 0 Å². The van der Waals surface area contributed by atoms with E-state index < -0.39 is 11.9 Å². The summed E-state index contributed by atoms with van der Waals surface area (Å²) in [7, 11) is 0. The Morgan fingerprint density at radius 2 is 2.29 bits per heavy atom. The largest absolute Gasteiger partial charge is 0.481 e. The highest BCUT2D eigenvalue weighted by atomic mass is 32.2. The molecule has 1 aliphatic heterocycles. The van der Waals surface area contributed by atoms with E-state index in [-0.39, 0.29) is 6.03 Å². The minimum Gasteiger partial charge on any atom is -0.481 e. The number of carboxylic acid groups (broad SMARTS) is 1. The fourth-order valence-electron chi connectivity index (χ4n) is 1.77. The summed E-state index contributed by atoms with van der Waals surface area (Å²) in [6.07, 6.45) is 1.52. The normalized spacial score (nSPS) is 19.4. The average molecular weight is 260 g/mol. The van der Waals surface area contributed by atoms with E-state index in [0.29, 0.717) is 26.1 Å². The fourth-order valence-corrected chi connectivity index (χ4v) is 2.41. The van der Waals surface area contributed by atoms with Gasteiger partial charge in [0.15, 0.2) is 0 Å². The lowest BCUT2D eigenvalue weighted by Crippen LogP contribution is -2.39. The van der Waals surface area contributed by atoms with Crippen molar-refractivity contribution >= 4 is 23.8 Å². The van der Waals surface area contributed by atoms with Crippen LogP contribution < -0.4 is 5.32 Å². The van der Waals surface area contributed by atoms with Crippen LogP contribution >= 0.6 is 11.8 Å². The van der Waals surface area contributed by atoms with Crippen LogP contribution in [0.25, 0.3) is 0 Å². The Labute approximate surface area is 106 Å². The first-order valence-corrected chi connectivity index (χ1v) is 7.14. The van der Waals surface area contributed by atoms with Crippen LogP contribution in [0.4, 0.5) is 4.79 Å². The van der Waals surface area contributed by atoms with Gasteiger partial charge in [0.25, 0.3) is 0 Å². The molecular weight excluding hydrogens is 240 g/mol. The summed E-state index contributed by atoms with van der Waals surface area (Å²) in [5, 5.41) is 11.6. The van der Waals surface area contributed by atoms with E-state index in [2.05, 4.69) is 12.2 Å². The highest BCUT2D eigenvalue weighted by Gasteiger charge is 2.30. The lowest BCUT2D eigenvalue weighted by molar-refractivity contribution is -0.141. The quantitative estimate of drug-likeness (QED) is 0.705. The number of urea groups is 1. The number of hydrogen-bond donors (Lipinski definition) is 2. The molecule has 2 N–H and O–H groups in total. The van der Waals surface area contributed by atoms with Gasteiger partial charge in [-0.1, -0.05) is 6.92 Å². The Bertz CT molecular complexity index is 273. The van der Waals surface area contributed by atoms with Crippen LogP contribution in [0.5, 0.6) is 0 Å². The zero-order valence-electron chi connectivity index (χ0n) is 10.1. The summed E-state index contributed by atoms with van der Waals surface area (Å²) in [5.74, 6) is 0.950. The van der Waals surface area contributed by atoms with Gasteiger partial charge >= 0.3 is 12.0 Å². The summed E-state index contributed by atoms with van der Waals surface area (Å²) in [6, 6.07) is -0.129. The van der Waals surface area contributed by atoms with E-state index in [1.165, 1.54) is 0 Å². The Morgan fingerprint density at radius 3 is 2.88 bits per heavy atom. The van der Waals surface area contributed by atoms with Gasteiger partial charge in [0.1, 0.15) is 0 Å². The lowest BCUT2D eigenvalue weighted by atomic mass is 10.1. The third-order valence-electron chi connectivity index (χ3n) is 2.77. The molecule has 5 nitrogen and oxygen atoms in total. The van der Waals surface area contributed by atoms with Crippen molar-refractivity contribution < 1.29 is 14.7 Å². The van der Waals surface area contributed by atoms with Crippen molar-refractivity contribution in [2.75, 3.05) is 31.1 Å². The zero-order chi connectivity index (χ0) is 12.7. The van der Waals surface area contributed by atoms with Crippen molar-refractivity contribution in [3.8, 4) is 0 Å². The maximum Gasteiger partial charge on any atom is 0.317 e. The summed E-state index contributed by atoms with van der Waals surface area (Å²) < 4.78 is 0. The van der Waals surface area contributed by atoms with E-state index in [0.717, 1.165) is 17.9 Å². The molecular formula is C11H20N2O3S. The van der Waals surface area contributed by atoms with E-state index in [9.17, 15) is 9.59 Å². The molecule has 0 aromatic carbocycles. The SMILES string of the molecule is CCSCCCNC(=O)N1CCC(C(=O)O)C1. The lowest BCUT2D eigenvalue weighted by Gasteiger charge is -2.16. The second-order valence-corrected chi connectivity index (χ2v) is 5.45. The summed E-state index contributed by atoms with van der Waals surface area (Å²) in [5.41, 5.74) is 0. The second kappa shape index (κ2) is 7.42. The molecule has 0 bridgehead atoms. The standard InChI is InChI=1S/C11H20N2O3S/c1-2-17-7-3-5-12-11(16)13-6-4-9(8-13)10(14)15/h9H,2-8H2,1H3,(H,12,16)(H,14,15). The van der Waals surface area contributed by atoms with Crippen LogP contribution in [0.15, 0.2) is 0 Å². The highest BCUT2D eigenvalue weighted by molar-refractivity contribution is 7.99. The number of likely N-dealkylation sites (tertiary alicyclic amines) is 1. The molecule has 1 unspecified atom stereocenters. The minimum absolute atomic E-state index is 0.129. The first kappa shape index (κ1) is 14.2. The minimum atomic E-state index is -0.806. The van der Waals surface area contributed by atoms with Crippen LogP contribution in [-0.4, -0.2) is 53.1 Å². The van der Waals surface area contributed by atoms with Crippen LogP contribution in [-0.2, 0) is 4.79 Å². The van der Waals surface area contributed by atoms with Gasteiger partial charge in [0.2, 0.25) is 0 Å². The van der Waals surface area contributed by atoms with Gasteiger partial charge in [0.05, 0.1) is 5.92 Å². The Morgan fingerprint density at radius 1 is 1.53 bits per heavy atom. The van der Waals surface area contributed by atoms with Gasteiger partial charge < -0.3 is 15.3 Å². The molecule has 2 amide bonds. The number of carbonyl (C=O) groups excluding carboxylic acids is 1. The summed E-state index contributed by atoms with van der Waals surface area (Å²) in [4.78, 5) is 24.0. The van der Waals surface area contributed by atoms with Gasteiger partial charge in [-0.3, -0.25) is 4.79 Å². The van der Waals surface area contributed by atoms with Gasteiger partial charge in [-0.25, -0.2) is 4.79 Å². The first-order chi connectivity index (χ1) is 8.15. The fraction of sp³-hybridized carbons (Fsp3) is 0.818. The number of nitrogens with one attached hydrogen (secondary N) is 1. The number of carbonyl (C=O) groups is 2. The predicted octanol–water partition coefficient (Wildman–Crippen LogP) is 1.25. The van der Waals surface area contributed by atoms with Gasteiger partial charge in [-0.2, -0.15) is 11.8 Å². The molecule has 17 heavy (non-hydrogen) atoms. The molecule has 1 aliphatic rings. The van der Waals surface area contributed by atoms with Gasteiger partial charge in [-0.05, 0) is 24.3 Å². The third kappa shape index (κ3) is 4.85. The average Bonchev–Trinajstić information content (AvgIpc) is 2.78. The summed E-state index contributed by atoms with van der Waals surface area (Å²) in [6.45, 7) is 3.66. The maximum atomic E-state index is 11.7. The molecule has 1 heterocycles. The maximum absolute atomic E-state index is 11.7. The molecule has 0 spiro atoms. The number of thioether (sulfide) groups is 1. The van der Waals surface area contributed by atoms with Crippen LogP contribution in [0.2, 0.25) is 0 Å². The second-order valence-electron chi connectivity index (χ2n) is 4.05. The van der Waals surface area contributed by atoms with Crippen molar-refractivity contribution in [3.63, 3.8) is 0 Å². The first-order valence-electron chi connectivity index (χ1n) is 5.98. The molecule has 0 radical (unpaired) electrons. The number of amides is 2. The van der Waals surface area contributed by atoms with Crippen LogP contribution in [0.3, 0.4) is 0 Å².